The molecular formula is C15H31N3O3S. The molecule has 0 aromatic rings. The summed E-state index contributed by atoms with van der Waals surface area (Å²) in [5.74, 6) is -0.162. The normalized spacial score (nSPS) is 19.2. The predicted octanol–water partition coefficient (Wildman–Crippen LogP) is 0.329. The van der Waals surface area contributed by atoms with Crippen LogP contribution in [0.1, 0.15) is 33.6 Å². The maximum Gasteiger partial charge on any atom is 0.239 e. The highest BCUT2D eigenvalue weighted by Gasteiger charge is 2.26. The average Bonchev–Trinajstić information content (AvgIpc) is 2.40. The van der Waals surface area contributed by atoms with Crippen molar-refractivity contribution in [3.05, 3.63) is 0 Å². The van der Waals surface area contributed by atoms with E-state index in [4.69, 9.17) is 5.73 Å². The number of amides is 1. The van der Waals surface area contributed by atoms with E-state index in [1.54, 1.807) is 4.90 Å². The Morgan fingerprint density at radius 3 is 2.18 bits per heavy atom. The van der Waals surface area contributed by atoms with E-state index in [2.05, 4.69) is 25.7 Å². The van der Waals surface area contributed by atoms with Crippen LogP contribution in [0.3, 0.4) is 0 Å². The lowest BCUT2D eigenvalue weighted by atomic mass is 9.92. The number of hydrogen-bond acceptors (Lipinski definition) is 5. The van der Waals surface area contributed by atoms with E-state index in [-0.39, 0.29) is 18.1 Å². The zero-order chi connectivity index (χ0) is 17.0. The van der Waals surface area contributed by atoms with Crippen LogP contribution in [0, 0.1) is 5.41 Å². The molecule has 7 heteroatoms. The quantitative estimate of drug-likeness (QED) is 0.757. The molecule has 0 aromatic carbocycles. The number of nitrogens with two attached hydrogens (primary N) is 1. The zero-order valence-electron chi connectivity index (χ0n) is 14.3. The van der Waals surface area contributed by atoms with E-state index in [1.807, 2.05) is 0 Å². The Kier molecular flexibility index (Phi) is 6.83. The van der Waals surface area contributed by atoms with E-state index in [1.165, 1.54) is 0 Å². The lowest BCUT2D eigenvalue weighted by molar-refractivity contribution is -0.134. The minimum atomic E-state index is -3.07. The molecule has 0 aliphatic carbocycles. The number of carbonyl (C=O) groups excluding carboxylic acids is 1. The minimum absolute atomic E-state index is 0.0363. The lowest BCUT2D eigenvalue weighted by Crippen LogP contribution is -2.53. The van der Waals surface area contributed by atoms with Crippen LogP contribution in [0.15, 0.2) is 0 Å². The molecule has 1 aliphatic rings. The first-order valence-corrected chi connectivity index (χ1v) is 9.98. The first kappa shape index (κ1) is 19.4. The molecule has 1 heterocycles. The molecule has 0 radical (unpaired) electrons. The molecule has 1 unspecified atom stereocenters. The van der Waals surface area contributed by atoms with Crippen LogP contribution in [0.4, 0.5) is 0 Å². The van der Waals surface area contributed by atoms with E-state index in [9.17, 15) is 13.2 Å². The van der Waals surface area contributed by atoms with Gasteiger partial charge in [-0.05, 0) is 24.8 Å². The fourth-order valence-corrected chi connectivity index (χ4v) is 3.07. The number of carbonyl (C=O) groups is 1. The monoisotopic (exact) mass is 333 g/mol. The van der Waals surface area contributed by atoms with Gasteiger partial charge in [0.15, 0.2) is 0 Å². The molecule has 1 fully saturated rings. The lowest BCUT2D eigenvalue weighted by Gasteiger charge is -2.36. The molecule has 22 heavy (non-hydrogen) atoms. The highest BCUT2D eigenvalue weighted by Crippen LogP contribution is 2.19. The molecule has 1 saturated heterocycles. The molecular weight excluding hydrogens is 302 g/mol. The van der Waals surface area contributed by atoms with Crippen molar-refractivity contribution >= 4 is 15.7 Å². The molecule has 0 saturated carbocycles. The van der Waals surface area contributed by atoms with Gasteiger partial charge in [-0.25, -0.2) is 8.42 Å². The Morgan fingerprint density at radius 2 is 1.73 bits per heavy atom. The van der Waals surface area contributed by atoms with Crippen molar-refractivity contribution < 1.29 is 13.2 Å². The molecule has 1 atom stereocenters. The third kappa shape index (κ3) is 7.56. The van der Waals surface area contributed by atoms with Crippen molar-refractivity contribution in [3.8, 4) is 0 Å². The number of nitrogens with zero attached hydrogens (tertiary/aromatic N) is 2. The number of sulfone groups is 1. The fourth-order valence-electron chi connectivity index (χ4n) is 2.38. The van der Waals surface area contributed by atoms with Crippen LogP contribution >= 0.6 is 0 Å². The highest BCUT2D eigenvalue weighted by atomic mass is 32.2. The molecule has 2 N–H and O–H groups in total. The van der Waals surface area contributed by atoms with Gasteiger partial charge in [-0.2, -0.15) is 0 Å². The van der Waals surface area contributed by atoms with Gasteiger partial charge in [0.1, 0.15) is 9.84 Å². The largest absolute Gasteiger partial charge is 0.339 e. The van der Waals surface area contributed by atoms with Crippen molar-refractivity contribution in [2.24, 2.45) is 11.1 Å². The van der Waals surface area contributed by atoms with Crippen LogP contribution < -0.4 is 5.73 Å². The summed E-state index contributed by atoms with van der Waals surface area (Å²) < 4.78 is 22.3. The third-order valence-corrected chi connectivity index (χ3v) is 4.96. The first-order valence-electron chi connectivity index (χ1n) is 7.92. The summed E-state index contributed by atoms with van der Waals surface area (Å²) in [6, 6.07) is -0.712. The maximum atomic E-state index is 12.2. The van der Waals surface area contributed by atoms with E-state index < -0.39 is 15.9 Å². The first-order chi connectivity index (χ1) is 9.98. The molecule has 130 valence electrons. The van der Waals surface area contributed by atoms with Crippen molar-refractivity contribution in [1.82, 2.24) is 9.80 Å². The van der Waals surface area contributed by atoms with Crippen LogP contribution in [0.25, 0.3) is 0 Å². The Hall–Kier alpha value is -0.660. The van der Waals surface area contributed by atoms with Gasteiger partial charge in [0.05, 0.1) is 11.8 Å². The highest BCUT2D eigenvalue weighted by molar-refractivity contribution is 7.90. The Morgan fingerprint density at radius 1 is 1.18 bits per heavy atom. The Bertz CT molecular complexity index is 463. The SMILES string of the molecule is CC(C)(C)CCN1CCN(C(=O)C(N)CCS(C)(=O)=O)CC1. The Balaban J connectivity index is 2.36. The summed E-state index contributed by atoms with van der Waals surface area (Å²) in [7, 11) is -3.07. The summed E-state index contributed by atoms with van der Waals surface area (Å²) in [5.41, 5.74) is 6.16. The second-order valence-corrected chi connectivity index (χ2v) is 9.76. The van der Waals surface area contributed by atoms with Gasteiger partial charge in [-0.3, -0.25) is 9.69 Å². The Labute approximate surface area is 134 Å². The van der Waals surface area contributed by atoms with Crippen molar-refractivity contribution in [1.29, 1.82) is 0 Å². The van der Waals surface area contributed by atoms with Crippen molar-refractivity contribution in [2.75, 3.05) is 44.7 Å². The topological polar surface area (TPSA) is 83.7 Å². The average molecular weight is 333 g/mol. The summed E-state index contributed by atoms with van der Waals surface area (Å²) in [5, 5.41) is 0. The minimum Gasteiger partial charge on any atom is -0.339 e. The van der Waals surface area contributed by atoms with Crippen molar-refractivity contribution in [3.63, 3.8) is 0 Å². The van der Waals surface area contributed by atoms with Crippen LogP contribution in [-0.4, -0.2) is 74.9 Å². The molecule has 0 aromatic heterocycles. The number of piperazine rings is 1. The van der Waals surface area contributed by atoms with Crippen molar-refractivity contribution in [2.45, 2.75) is 39.7 Å². The standard InChI is InChI=1S/C15H31N3O3S/c1-15(2,3)6-7-17-8-10-18(11-9-17)14(19)13(16)5-12-22(4,20)21/h13H,5-12,16H2,1-4H3. The van der Waals surface area contributed by atoms with Crippen LogP contribution in [-0.2, 0) is 14.6 Å². The molecule has 0 bridgehead atoms. The number of rotatable bonds is 6. The molecule has 0 spiro atoms. The zero-order valence-corrected chi connectivity index (χ0v) is 15.2. The molecule has 1 aliphatic heterocycles. The van der Waals surface area contributed by atoms with E-state index in [0.29, 0.717) is 18.5 Å². The smallest absolute Gasteiger partial charge is 0.239 e. The van der Waals surface area contributed by atoms with E-state index >= 15 is 0 Å². The van der Waals surface area contributed by atoms with E-state index in [0.717, 1.165) is 32.3 Å². The van der Waals surface area contributed by atoms with Gasteiger partial charge in [-0.1, -0.05) is 20.8 Å². The second-order valence-electron chi connectivity index (χ2n) is 7.50. The van der Waals surface area contributed by atoms with Gasteiger partial charge in [-0.15, -0.1) is 0 Å². The molecule has 1 amide bonds. The van der Waals surface area contributed by atoms with Gasteiger partial charge in [0.25, 0.3) is 0 Å². The van der Waals surface area contributed by atoms with Gasteiger partial charge < -0.3 is 10.6 Å². The van der Waals surface area contributed by atoms with Gasteiger partial charge in [0.2, 0.25) is 5.91 Å². The summed E-state index contributed by atoms with van der Waals surface area (Å²) in [4.78, 5) is 16.4. The van der Waals surface area contributed by atoms with Crippen LogP contribution in [0.2, 0.25) is 0 Å². The predicted molar refractivity (Wildman–Crippen MR) is 89.4 cm³/mol. The van der Waals surface area contributed by atoms with Crippen LogP contribution in [0.5, 0.6) is 0 Å². The fraction of sp³-hybridized carbons (Fsp3) is 0.933. The third-order valence-electron chi connectivity index (χ3n) is 3.98. The molecule has 1 rings (SSSR count). The molecule has 6 nitrogen and oxygen atoms in total. The van der Waals surface area contributed by atoms with Gasteiger partial charge in [0, 0.05) is 32.4 Å². The second kappa shape index (κ2) is 7.75. The van der Waals surface area contributed by atoms with Gasteiger partial charge >= 0.3 is 0 Å². The summed E-state index contributed by atoms with van der Waals surface area (Å²) in [6.45, 7) is 10.8. The maximum absolute atomic E-state index is 12.2. The summed E-state index contributed by atoms with van der Waals surface area (Å²) in [6.07, 6.45) is 2.49. The summed E-state index contributed by atoms with van der Waals surface area (Å²) >= 11 is 0. The number of hydrogen-bond donors (Lipinski definition) is 1.